The Hall–Kier alpha value is -3.96. The van der Waals surface area contributed by atoms with Gasteiger partial charge >= 0.3 is 23.9 Å². The van der Waals surface area contributed by atoms with Crippen LogP contribution in [0.3, 0.4) is 0 Å². The molecule has 2 saturated heterocycles. The van der Waals surface area contributed by atoms with Gasteiger partial charge in [-0.1, -0.05) is 37.3 Å². The summed E-state index contributed by atoms with van der Waals surface area (Å²) in [5, 5.41) is 0. The molecule has 0 radical (unpaired) electrons. The van der Waals surface area contributed by atoms with Crippen LogP contribution in [0.2, 0.25) is 0 Å². The highest BCUT2D eigenvalue weighted by Gasteiger charge is 2.52. The SMILES string of the molecule is CCc1ccc(Cc2cc([C@@H]3OC(COC(C)=O)[C@@H](OC(C)=O)[C@H](OC(C)=O)[C@H]3OC(C)=O)cc(O[C@H]3CCOC3)c2C)cc1. The van der Waals surface area contributed by atoms with Crippen LogP contribution in [0.1, 0.15) is 75.0 Å². The number of carbonyl (C=O) groups is 4. The van der Waals surface area contributed by atoms with Crippen LogP contribution in [0.5, 0.6) is 5.75 Å². The Morgan fingerprint density at radius 3 is 2.02 bits per heavy atom. The molecule has 11 heteroatoms. The van der Waals surface area contributed by atoms with Crippen molar-refractivity contribution in [1.29, 1.82) is 0 Å². The lowest BCUT2D eigenvalue weighted by Crippen LogP contribution is -2.59. The maximum Gasteiger partial charge on any atom is 0.303 e. The topological polar surface area (TPSA) is 133 Å². The first-order chi connectivity index (χ1) is 21.4. The quantitative estimate of drug-likeness (QED) is 0.264. The standard InChI is InChI=1S/C34H42O11/c1-7-24-8-10-25(11-9-24)14-26-15-27(16-29(19(26)2)44-28-12-13-39-17-28)31-33(42-22(5)37)34(43-23(6)38)32(41-21(4)36)30(45-31)18-40-20(3)35/h8-11,15-16,28,30-34H,7,12-14,17-18H2,1-6H3/t28-,30?,31-,32+,33-,34-/m0/s1. The van der Waals surface area contributed by atoms with Gasteiger partial charge in [-0.3, -0.25) is 19.2 Å². The van der Waals surface area contributed by atoms with Gasteiger partial charge < -0.3 is 33.2 Å². The second-order valence-electron chi connectivity index (χ2n) is 11.4. The van der Waals surface area contributed by atoms with E-state index in [4.69, 9.17) is 33.2 Å². The summed E-state index contributed by atoms with van der Waals surface area (Å²) >= 11 is 0. The molecule has 0 saturated carbocycles. The number of esters is 4. The first kappa shape index (κ1) is 33.9. The number of ether oxygens (including phenoxy) is 7. The molecule has 45 heavy (non-hydrogen) atoms. The second-order valence-corrected chi connectivity index (χ2v) is 11.4. The lowest BCUT2D eigenvalue weighted by Gasteiger charge is -2.44. The fourth-order valence-corrected chi connectivity index (χ4v) is 5.63. The van der Waals surface area contributed by atoms with Crippen LogP contribution in [0.25, 0.3) is 0 Å². The highest BCUT2D eigenvalue weighted by atomic mass is 16.7. The zero-order valence-corrected chi connectivity index (χ0v) is 26.7. The summed E-state index contributed by atoms with van der Waals surface area (Å²) < 4.78 is 40.6. The van der Waals surface area contributed by atoms with Gasteiger partial charge in [-0.2, -0.15) is 0 Å². The number of carbonyl (C=O) groups excluding carboxylic acids is 4. The second kappa shape index (κ2) is 15.4. The molecule has 4 rings (SSSR count). The molecule has 11 nitrogen and oxygen atoms in total. The van der Waals surface area contributed by atoms with Crippen molar-refractivity contribution < 1.29 is 52.3 Å². The number of rotatable bonds is 11. The Morgan fingerprint density at radius 2 is 1.44 bits per heavy atom. The number of benzene rings is 2. The Balaban J connectivity index is 1.83. The van der Waals surface area contributed by atoms with Crippen LogP contribution in [-0.4, -0.2) is 74.2 Å². The minimum Gasteiger partial charge on any atom is -0.488 e. The monoisotopic (exact) mass is 626 g/mol. The fourth-order valence-electron chi connectivity index (χ4n) is 5.63. The van der Waals surface area contributed by atoms with Crippen molar-refractivity contribution in [2.24, 2.45) is 0 Å². The van der Waals surface area contributed by atoms with E-state index in [9.17, 15) is 19.2 Å². The summed E-state index contributed by atoms with van der Waals surface area (Å²) in [5.74, 6) is -2.00. The minimum absolute atomic E-state index is 0.147. The fraction of sp³-hybridized carbons (Fsp3) is 0.529. The summed E-state index contributed by atoms with van der Waals surface area (Å²) in [7, 11) is 0. The molecule has 2 heterocycles. The van der Waals surface area contributed by atoms with Crippen LogP contribution in [0, 0.1) is 6.92 Å². The molecule has 0 spiro atoms. The smallest absolute Gasteiger partial charge is 0.303 e. The highest BCUT2D eigenvalue weighted by molar-refractivity contribution is 5.69. The van der Waals surface area contributed by atoms with E-state index in [1.807, 2.05) is 19.1 Å². The number of aryl methyl sites for hydroxylation is 1. The van der Waals surface area contributed by atoms with Crippen molar-refractivity contribution >= 4 is 23.9 Å². The lowest BCUT2D eigenvalue weighted by atomic mass is 9.88. The van der Waals surface area contributed by atoms with Crippen molar-refractivity contribution in [2.75, 3.05) is 19.8 Å². The first-order valence-corrected chi connectivity index (χ1v) is 15.2. The third-order valence-corrected chi connectivity index (χ3v) is 7.82. The molecule has 2 aliphatic rings. The molecule has 0 aromatic heterocycles. The first-order valence-electron chi connectivity index (χ1n) is 15.2. The third kappa shape index (κ3) is 9.04. The van der Waals surface area contributed by atoms with Crippen molar-refractivity contribution in [3.8, 4) is 5.75 Å². The predicted octanol–water partition coefficient (Wildman–Crippen LogP) is 4.11. The van der Waals surface area contributed by atoms with Gasteiger partial charge in [0.2, 0.25) is 0 Å². The van der Waals surface area contributed by atoms with Gasteiger partial charge in [-0.05, 0) is 53.6 Å². The Labute approximate surface area is 263 Å². The molecule has 0 N–H and O–H groups in total. The van der Waals surface area contributed by atoms with Crippen LogP contribution in [0.4, 0.5) is 0 Å². The van der Waals surface area contributed by atoms with Gasteiger partial charge in [-0.25, -0.2) is 0 Å². The largest absolute Gasteiger partial charge is 0.488 e. The maximum absolute atomic E-state index is 12.4. The van der Waals surface area contributed by atoms with Crippen molar-refractivity contribution in [2.45, 2.75) is 97.4 Å². The molecule has 2 aromatic rings. The van der Waals surface area contributed by atoms with Gasteiger partial charge in [0.15, 0.2) is 18.3 Å². The molecular formula is C34H42O11. The van der Waals surface area contributed by atoms with Gasteiger partial charge in [0, 0.05) is 34.1 Å². The van der Waals surface area contributed by atoms with E-state index >= 15 is 0 Å². The molecule has 2 fully saturated rings. The van der Waals surface area contributed by atoms with E-state index in [1.165, 1.54) is 33.3 Å². The van der Waals surface area contributed by atoms with Crippen molar-refractivity contribution in [1.82, 2.24) is 0 Å². The van der Waals surface area contributed by atoms with E-state index in [0.29, 0.717) is 30.9 Å². The van der Waals surface area contributed by atoms with Gasteiger partial charge in [0.1, 0.15) is 30.7 Å². The zero-order valence-electron chi connectivity index (χ0n) is 26.7. The number of hydrogen-bond acceptors (Lipinski definition) is 11. The maximum atomic E-state index is 12.4. The average molecular weight is 627 g/mol. The summed E-state index contributed by atoms with van der Waals surface area (Å²) in [4.78, 5) is 48.7. The van der Waals surface area contributed by atoms with E-state index < -0.39 is 54.4 Å². The molecule has 2 aliphatic heterocycles. The molecule has 2 aromatic carbocycles. The average Bonchev–Trinajstić information content (AvgIpc) is 3.49. The highest BCUT2D eigenvalue weighted by Crippen LogP contribution is 2.40. The van der Waals surface area contributed by atoms with Crippen molar-refractivity contribution in [3.63, 3.8) is 0 Å². The number of hydrogen-bond donors (Lipinski definition) is 0. The molecule has 0 aliphatic carbocycles. The van der Waals surface area contributed by atoms with Crippen LogP contribution >= 0.6 is 0 Å². The van der Waals surface area contributed by atoms with Crippen LogP contribution in [-0.2, 0) is 60.4 Å². The lowest BCUT2D eigenvalue weighted by molar-refractivity contribution is -0.254. The van der Waals surface area contributed by atoms with Gasteiger partial charge in [0.05, 0.1) is 13.2 Å². The molecule has 1 unspecified atom stereocenters. The Kier molecular flexibility index (Phi) is 11.6. The molecule has 6 atom stereocenters. The molecule has 0 amide bonds. The zero-order chi connectivity index (χ0) is 32.7. The normalized spacial score (nSPS) is 24.4. The van der Waals surface area contributed by atoms with E-state index in [0.717, 1.165) is 29.5 Å². The Morgan fingerprint density at radius 1 is 0.822 bits per heavy atom. The van der Waals surface area contributed by atoms with Gasteiger partial charge in [0.25, 0.3) is 0 Å². The Bertz CT molecular complexity index is 1360. The van der Waals surface area contributed by atoms with Crippen LogP contribution in [0.15, 0.2) is 36.4 Å². The molecular weight excluding hydrogens is 584 g/mol. The summed E-state index contributed by atoms with van der Waals surface area (Å²) in [6.45, 7) is 9.69. The van der Waals surface area contributed by atoms with E-state index in [2.05, 4.69) is 31.2 Å². The molecule has 244 valence electrons. The van der Waals surface area contributed by atoms with E-state index in [-0.39, 0.29) is 12.7 Å². The van der Waals surface area contributed by atoms with Gasteiger partial charge in [-0.15, -0.1) is 0 Å². The van der Waals surface area contributed by atoms with Crippen molar-refractivity contribution in [3.05, 3.63) is 64.2 Å². The van der Waals surface area contributed by atoms with Crippen LogP contribution < -0.4 is 4.74 Å². The third-order valence-electron chi connectivity index (χ3n) is 7.82. The summed E-state index contributed by atoms with van der Waals surface area (Å²) in [5.41, 5.74) is 4.76. The molecule has 0 bridgehead atoms. The summed E-state index contributed by atoms with van der Waals surface area (Å²) in [6.07, 6.45) is -3.71. The summed E-state index contributed by atoms with van der Waals surface area (Å²) in [6, 6.07) is 12.1. The predicted molar refractivity (Wildman–Crippen MR) is 161 cm³/mol. The minimum atomic E-state index is -1.27. The van der Waals surface area contributed by atoms with E-state index in [1.54, 1.807) is 0 Å².